The fraction of sp³-hybridized carbons (Fsp3) is 0.364. The van der Waals surface area contributed by atoms with Crippen molar-refractivity contribution in [3.8, 4) is 0 Å². The number of benzene rings is 1. The monoisotopic (exact) mass is 291 g/mol. The zero-order valence-electron chi connectivity index (χ0n) is 8.60. The summed E-state index contributed by atoms with van der Waals surface area (Å²) in [5.41, 5.74) is 5.06. The third-order valence-electron chi connectivity index (χ3n) is 2.17. The van der Waals surface area contributed by atoms with Gasteiger partial charge in [-0.05, 0) is 41.0 Å². The summed E-state index contributed by atoms with van der Waals surface area (Å²) >= 11 is 2.95. The van der Waals surface area contributed by atoms with Crippen molar-refractivity contribution in [1.82, 2.24) is 0 Å². The predicted molar refractivity (Wildman–Crippen MR) is 61.1 cm³/mol. The molecule has 16 heavy (non-hydrogen) atoms. The molecule has 0 radical (unpaired) electrons. The first kappa shape index (κ1) is 13.3. The van der Waals surface area contributed by atoms with Crippen LogP contribution >= 0.6 is 15.9 Å². The smallest absolute Gasteiger partial charge is 0.143 e. The Labute approximate surface area is 101 Å². The number of carbonyl (C=O) groups excluding carboxylic acids is 1. The second-order valence-electron chi connectivity index (χ2n) is 3.43. The van der Waals surface area contributed by atoms with Gasteiger partial charge in [0, 0.05) is 18.4 Å². The molecule has 0 heterocycles. The number of hydrogen-bond donors (Lipinski definition) is 1. The van der Waals surface area contributed by atoms with Gasteiger partial charge in [-0.3, -0.25) is 4.79 Å². The Morgan fingerprint density at radius 2 is 2.06 bits per heavy atom. The molecule has 0 bridgehead atoms. The van der Waals surface area contributed by atoms with Gasteiger partial charge in [-0.1, -0.05) is 0 Å². The molecule has 0 saturated carbocycles. The van der Waals surface area contributed by atoms with E-state index in [-0.39, 0.29) is 28.7 Å². The number of carbonyl (C=O) groups is 1. The van der Waals surface area contributed by atoms with Crippen molar-refractivity contribution in [2.24, 2.45) is 5.73 Å². The molecule has 0 aliphatic heterocycles. The minimum Gasteiger partial charge on any atom is -0.330 e. The third-order valence-corrected chi connectivity index (χ3v) is 2.79. The Bertz CT molecular complexity index is 396. The average Bonchev–Trinajstić information content (AvgIpc) is 2.27. The minimum atomic E-state index is -0.707. The fourth-order valence-electron chi connectivity index (χ4n) is 1.32. The van der Waals surface area contributed by atoms with Gasteiger partial charge in [0.25, 0.3) is 0 Å². The van der Waals surface area contributed by atoms with Crippen molar-refractivity contribution < 1.29 is 13.6 Å². The van der Waals surface area contributed by atoms with E-state index in [1.54, 1.807) is 0 Å². The Hall–Kier alpha value is -0.810. The molecule has 1 rings (SSSR count). The lowest BCUT2D eigenvalue weighted by Crippen LogP contribution is -2.09. The lowest BCUT2D eigenvalue weighted by atomic mass is 10.0. The van der Waals surface area contributed by atoms with Crippen LogP contribution in [0, 0.1) is 11.6 Å². The highest BCUT2D eigenvalue weighted by atomic mass is 79.9. The third kappa shape index (κ3) is 3.35. The summed E-state index contributed by atoms with van der Waals surface area (Å²) in [6.07, 6.45) is 0.565. The van der Waals surface area contributed by atoms with Gasteiger partial charge in [0.2, 0.25) is 0 Å². The Morgan fingerprint density at radius 3 is 2.69 bits per heavy atom. The van der Waals surface area contributed by atoms with Gasteiger partial charge in [0.1, 0.15) is 17.4 Å². The maximum atomic E-state index is 13.5. The molecule has 1 aromatic carbocycles. The lowest BCUT2D eigenvalue weighted by Gasteiger charge is -2.05. The first-order valence-electron chi connectivity index (χ1n) is 4.90. The van der Waals surface area contributed by atoms with E-state index in [1.165, 1.54) is 6.07 Å². The van der Waals surface area contributed by atoms with Crippen molar-refractivity contribution >= 4 is 21.7 Å². The van der Waals surface area contributed by atoms with Crippen molar-refractivity contribution in [3.05, 3.63) is 33.8 Å². The van der Waals surface area contributed by atoms with Gasteiger partial charge < -0.3 is 5.73 Å². The summed E-state index contributed by atoms with van der Waals surface area (Å²) < 4.78 is 26.9. The van der Waals surface area contributed by atoms with E-state index in [1.807, 2.05) is 0 Å². The highest BCUT2D eigenvalue weighted by Gasteiger charge is 2.15. The molecule has 0 aliphatic carbocycles. The van der Waals surface area contributed by atoms with Crippen molar-refractivity contribution in [2.75, 3.05) is 6.54 Å². The Morgan fingerprint density at radius 1 is 1.38 bits per heavy atom. The number of ketones is 1. The summed E-state index contributed by atoms with van der Waals surface area (Å²) in [5, 5.41) is 0. The number of halogens is 3. The second-order valence-corrected chi connectivity index (χ2v) is 4.28. The number of Topliss-reactive ketones (excluding diaryl/α,β-unsaturated/α-hetero) is 1. The topological polar surface area (TPSA) is 43.1 Å². The van der Waals surface area contributed by atoms with E-state index in [0.29, 0.717) is 13.0 Å². The predicted octanol–water partition coefficient (Wildman–Crippen LogP) is 2.58. The number of hydrogen-bond acceptors (Lipinski definition) is 2. The van der Waals surface area contributed by atoms with E-state index in [4.69, 9.17) is 5.73 Å². The first-order chi connectivity index (χ1) is 7.56. The van der Waals surface area contributed by atoms with Crippen LogP contribution in [0.15, 0.2) is 16.6 Å². The summed E-state index contributed by atoms with van der Waals surface area (Å²) in [5.74, 6) is -1.61. The van der Waals surface area contributed by atoms with Gasteiger partial charge >= 0.3 is 0 Å². The summed E-state index contributed by atoms with van der Waals surface area (Å²) in [6.45, 7) is 0.398. The summed E-state index contributed by atoms with van der Waals surface area (Å²) in [7, 11) is 0. The van der Waals surface area contributed by atoms with Crippen LogP contribution in [0.2, 0.25) is 0 Å². The summed E-state index contributed by atoms with van der Waals surface area (Å²) in [4.78, 5) is 11.4. The zero-order valence-corrected chi connectivity index (χ0v) is 10.2. The van der Waals surface area contributed by atoms with Crippen LogP contribution in [0.5, 0.6) is 0 Å². The van der Waals surface area contributed by atoms with Crippen LogP contribution in [-0.2, 0) is 11.2 Å². The van der Waals surface area contributed by atoms with Gasteiger partial charge in [0.05, 0.1) is 4.47 Å². The van der Waals surface area contributed by atoms with Crippen molar-refractivity contribution in [1.29, 1.82) is 0 Å². The van der Waals surface area contributed by atoms with E-state index in [9.17, 15) is 13.6 Å². The largest absolute Gasteiger partial charge is 0.330 e. The molecule has 0 aromatic heterocycles. The van der Waals surface area contributed by atoms with Crippen molar-refractivity contribution in [3.63, 3.8) is 0 Å². The number of rotatable bonds is 5. The molecule has 0 aliphatic rings. The quantitative estimate of drug-likeness (QED) is 0.848. The molecule has 2 nitrogen and oxygen atoms in total. The highest BCUT2D eigenvalue weighted by molar-refractivity contribution is 9.10. The lowest BCUT2D eigenvalue weighted by molar-refractivity contribution is -0.118. The maximum Gasteiger partial charge on any atom is 0.143 e. The highest BCUT2D eigenvalue weighted by Crippen LogP contribution is 2.22. The second kappa shape index (κ2) is 6.06. The van der Waals surface area contributed by atoms with Crippen LogP contribution in [-0.4, -0.2) is 12.3 Å². The molecular formula is C11H12BrF2NO. The molecule has 1 aromatic rings. The molecule has 0 atom stereocenters. The van der Waals surface area contributed by atoms with Gasteiger partial charge in [-0.2, -0.15) is 0 Å². The van der Waals surface area contributed by atoms with Crippen LogP contribution in [0.1, 0.15) is 18.4 Å². The van der Waals surface area contributed by atoms with Crippen LogP contribution in [0.25, 0.3) is 0 Å². The molecular weight excluding hydrogens is 280 g/mol. The number of nitrogens with two attached hydrogens (primary N) is 1. The molecule has 0 amide bonds. The van der Waals surface area contributed by atoms with Gasteiger partial charge in [-0.25, -0.2) is 8.78 Å². The van der Waals surface area contributed by atoms with Crippen molar-refractivity contribution in [2.45, 2.75) is 19.3 Å². The Kier molecular flexibility index (Phi) is 5.02. The molecule has 0 fully saturated rings. The molecule has 0 saturated heterocycles. The molecule has 5 heteroatoms. The molecule has 0 spiro atoms. The van der Waals surface area contributed by atoms with E-state index in [0.717, 1.165) is 6.07 Å². The van der Waals surface area contributed by atoms with E-state index in [2.05, 4.69) is 15.9 Å². The Balaban J connectivity index is 2.80. The van der Waals surface area contributed by atoms with E-state index >= 15 is 0 Å². The van der Waals surface area contributed by atoms with E-state index < -0.39 is 11.6 Å². The first-order valence-corrected chi connectivity index (χ1v) is 5.69. The fourth-order valence-corrected chi connectivity index (χ4v) is 1.69. The molecule has 88 valence electrons. The van der Waals surface area contributed by atoms with Gasteiger partial charge in [-0.15, -0.1) is 0 Å². The maximum absolute atomic E-state index is 13.5. The minimum absolute atomic E-state index is 0.163. The standard InChI is InChI=1S/C11H12BrF2NO/c12-9-3-4-10(13)8(11(9)14)6-7(16)2-1-5-15/h3-4H,1-2,5-6,15H2. The van der Waals surface area contributed by atoms with Crippen LogP contribution in [0.4, 0.5) is 8.78 Å². The van der Waals surface area contributed by atoms with Gasteiger partial charge in [0.15, 0.2) is 0 Å². The summed E-state index contributed by atoms with van der Waals surface area (Å²) in [6, 6.07) is 2.41. The van der Waals surface area contributed by atoms with Crippen LogP contribution < -0.4 is 5.73 Å². The molecule has 2 N–H and O–H groups in total. The normalized spacial score (nSPS) is 10.5. The molecule has 0 unspecified atom stereocenters. The SMILES string of the molecule is NCCCC(=O)Cc1c(F)ccc(Br)c1F. The van der Waals surface area contributed by atoms with Crippen LogP contribution in [0.3, 0.4) is 0 Å². The average molecular weight is 292 g/mol. The zero-order chi connectivity index (χ0) is 12.1.